The van der Waals surface area contributed by atoms with Crippen molar-refractivity contribution in [2.45, 2.75) is 12.6 Å². The summed E-state index contributed by atoms with van der Waals surface area (Å²) in [5, 5.41) is 8.28. The lowest BCUT2D eigenvalue weighted by molar-refractivity contribution is -0.130. The van der Waals surface area contributed by atoms with Crippen molar-refractivity contribution >= 4 is 11.8 Å². The van der Waals surface area contributed by atoms with Crippen LogP contribution in [0.4, 0.5) is 4.39 Å². The third-order valence-electron chi connectivity index (χ3n) is 4.49. The van der Waals surface area contributed by atoms with Gasteiger partial charge in [0.15, 0.2) is 0 Å². The highest BCUT2D eigenvalue weighted by molar-refractivity contribution is 5.89. The zero-order chi connectivity index (χ0) is 20.2. The van der Waals surface area contributed by atoms with E-state index in [4.69, 9.17) is 0 Å². The van der Waals surface area contributed by atoms with E-state index < -0.39 is 6.04 Å². The van der Waals surface area contributed by atoms with E-state index in [1.807, 2.05) is 12.1 Å². The molecular weight excluding hydrogens is 375 g/mol. The van der Waals surface area contributed by atoms with Crippen LogP contribution in [0.25, 0.3) is 22.6 Å². The Morgan fingerprint density at radius 3 is 2.90 bits per heavy atom. The summed E-state index contributed by atoms with van der Waals surface area (Å²) < 4.78 is 13.7. The molecule has 8 nitrogen and oxygen atoms in total. The van der Waals surface area contributed by atoms with Gasteiger partial charge in [0.2, 0.25) is 11.8 Å². The molecule has 148 valence electrons. The van der Waals surface area contributed by atoms with Crippen molar-refractivity contribution in [3.05, 3.63) is 60.3 Å². The van der Waals surface area contributed by atoms with E-state index in [1.165, 1.54) is 12.1 Å². The molecule has 0 spiro atoms. The number of benzene rings is 1. The van der Waals surface area contributed by atoms with Gasteiger partial charge in [-0.05, 0) is 24.3 Å². The number of nitrogens with one attached hydrogen (secondary N) is 4. The summed E-state index contributed by atoms with van der Waals surface area (Å²) in [7, 11) is 0. The molecule has 2 amide bonds. The molecule has 4 rings (SSSR count). The lowest BCUT2D eigenvalue weighted by Crippen LogP contribution is -2.58. The van der Waals surface area contributed by atoms with E-state index in [9.17, 15) is 14.0 Å². The third-order valence-corrected chi connectivity index (χ3v) is 4.49. The standard InChI is InChI=1S/C20H19FN6O2/c21-13-5-3-4-12(8-13)18-19(14-6-1-2-7-23-14)27-16(26-18)10-24-20(29)15-9-22-11-17(28)25-15/h1-8,15,22H,9-11H2,(H,24,29)(H,25,28)(H,26,27). The molecule has 1 atom stereocenters. The van der Waals surface area contributed by atoms with Crippen molar-refractivity contribution in [3.63, 3.8) is 0 Å². The fourth-order valence-corrected chi connectivity index (χ4v) is 3.13. The predicted molar refractivity (Wildman–Crippen MR) is 104 cm³/mol. The molecule has 1 saturated heterocycles. The number of nitrogens with zero attached hydrogens (tertiary/aromatic N) is 2. The fourth-order valence-electron chi connectivity index (χ4n) is 3.13. The minimum absolute atomic E-state index is 0.125. The maximum atomic E-state index is 13.7. The van der Waals surface area contributed by atoms with E-state index in [0.29, 0.717) is 35.0 Å². The zero-order valence-corrected chi connectivity index (χ0v) is 15.4. The Morgan fingerprint density at radius 2 is 2.14 bits per heavy atom. The molecule has 0 radical (unpaired) electrons. The van der Waals surface area contributed by atoms with Crippen LogP contribution in [0, 0.1) is 5.82 Å². The Kier molecular flexibility index (Phi) is 5.30. The minimum atomic E-state index is -0.635. The highest BCUT2D eigenvalue weighted by Gasteiger charge is 2.24. The number of carbonyl (C=O) groups excluding carboxylic acids is 2. The first-order chi connectivity index (χ1) is 14.1. The molecule has 0 bridgehead atoms. The predicted octanol–water partition coefficient (Wildman–Crippen LogP) is 0.982. The Balaban J connectivity index is 1.58. The van der Waals surface area contributed by atoms with Gasteiger partial charge in [0, 0.05) is 18.3 Å². The van der Waals surface area contributed by atoms with Crippen LogP contribution in [0.5, 0.6) is 0 Å². The average molecular weight is 394 g/mol. The average Bonchev–Trinajstić information content (AvgIpc) is 3.17. The summed E-state index contributed by atoms with van der Waals surface area (Å²) in [6.07, 6.45) is 1.66. The molecule has 2 aromatic heterocycles. The monoisotopic (exact) mass is 394 g/mol. The highest BCUT2D eigenvalue weighted by Crippen LogP contribution is 2.29. The van der Waals surface area contributed by atoms with Crippen molar-refractivity contribution < 1.29 is 14.0 Å². The number of H-pyrrole nitrogens is 1. The van der Waals surface area contributed by atoms with Crippen LogP contribution in [0.15, 0.2) is 48.7 Å². The number of carbonyl (C=O) groups is 2. The van der Waals surface area contributed by atoms with Crippen molar-refractivity contribution in [2.24, 2.45) is 0 Å². The Hall–Kier alpha value is -3.59. The second-order valence-electron chi connectivity index (χ2n) is 6.60. The van der Waals surface area contributed by atoms with Crippen LogP contribution in [0.2, 0.25) is 0 Å². The summed E-state index contributed by atoms with van der Waals surface area (Å²) in [4.78, 5) is 35.8. The number of hydrogen-bond acceptors (Lipinski definition) is 5. The van der Waals surface area contributed by atoms with Gasteiger partial charge in [-0.25, -0.2) is 9.37 Å². The molecular formula is C20H19FN6O2. The van der Waals surface area contributed by atoms with Crippen molar-refractivity contribution in [2.75, 3.05) is 13.1 Å². The number of hydrogen-bond donors (Lipinski definition) is 4. The lowest BCUT2D eigenvalue weighted by atomic mass is 10.1. The van der Waals surface area contributed by atoms with E-state index >= 15 is 0 Å². The van der Waals surface area contributed by atoms with Crippen LogP contribution in [0.1, 0.15) is 5.82 Å². The molecule has 1 fully saturated rings. The van der Waals surface area contributed by atoms with E-state index in [-0.39, 0.29) is 30.7 Å². The number of pyridine rings is 1. The SMILES string of the molecule is O=C1CNCC(C(=O)NCc2nc(-c3cccc(F)c3)c(-c3ccccn3)[nH]2)N1. The summed E-state index contributed by atoms with van der Waals surface area (Å²) >= 11 is 0. The molecule has 3 aromatic rings. The van der Waals surface area contributed by atoms with Crippen LogP contribution >= 0.6 is 0 Å². The van der Waals surface area contributed by atoms with E-state index in [1.54, 1.807) is 24.4 Å². The summed E-state index contributed by atoms with van der Waals surface area (Å²) in [6.45, 7) is 0.691. The van der Waals surface area contributed by atoms with Crippen LogP contribution in [-0.2, 0) is 16.1 Å². The van der Waals surface area contributed by atoms with Gasteiger partial charge in [-0.15, -0.1) is 0 Å². The topological polar surface area (TPSA) is 112 Å². The second kappa shape index (κ2) is 8.19. The number of piperazine rings is 1. The van der Waals surface area contributed by atoms with Crippen molar-refractivity contribution in [1.82, 2.24) is 30.9 Å². The third kappa shape index (κ3) is 4.30. The first kappa shape index (κ1) is 18.8. The smallest absolute Gasteiger partial charge is 0.244 e. The molecule has 29 heavy (non-hydrogen) atoms. The van der Waals surface area contributed by atoms with Crippen LogP contribution in [0.3, 0.4) is 0 Å². The maximum absolute atomic E-state index is 13.7. The van der Waals surface area contributed by atoms with Gasteiger partial charge in [-0.2, -0.15) is 0 Å². The number of imidazole rings is 1. The highest BCUT2D eigenvalue weighted by atomic mass is 19.1. The van der Waals surface area contributed by atoms with Crippen LogP contribution < -0.4 is 16.0 Å². The summed E-state index contributed by atoms with van der Waals surface area (Å²) in [5.41, 5.74) is 2.43. The van der Waals surface area contributed by atoms with E-state index in [0.717, 1.165) is 0 Å². The summed E-state index contributed by atoms with van der Waals surface area (Å²) in [5.74, 6) is -0.407. The van der Waals surface area contributed by atoms with Crippen LogP contribution in [-0.4, -0.2) is 45.9 Å². The molecule has 1 aliphatic rings. The Labute approximate surface area is 166 Å². The van der Waals surface area contributed by atoms with E-state index in [2.05, 4.69) is 30.9 Å². The maximum Gasteiger partial charge on any atom is 0.244 e. The van der Waals surface area contributed by atoms with Gasteiger partial charge >= 0.3 is 0 Å². The lowest BCUT2D eigenvalue weighted by Gasteiger charge is -2.23. The molecule has 1 unspecified atom stereocenters. The first-order valence-corrected chi connectivity index (χ1v) is 9.14. The Morgan fingerprint density at radius 1 is 1.24 bits per heavy atom. The molecule has 0 saturated carbocycles. The van der Waals surface area contributed by atoms with Crippen molar-refractivity contribution in [3.8, 4) is 22.6 Å². The van der Waals surface area contributed by atoms with Gasteiger partial charge in [-0.1, -0.05) is 18.2 Å². The minimum Gasteiger partial charge on any atom is -0.347 e. The summed E-state index contributed by atoms with van der Waals surface area (Å²) in [6, 6.07) is 11.0. The van der Waals surface area contributed by atoms with Gasteiger partial charge < -0.3 is 20.9 Å². The molecule has 9 heteroatoms. The number of rotatable bonds is 5. The number of aromatic amines is 1. The number of halogens is 1. The molecule has 3 heterocycles. The zero-order valence-electron chi connectivity index (χ0n) is 15.4. The number of amides is 2. The van der Waals surface area contributed by atoms with Gasteiger partial charge in [0.25, 0.3) is 0 Å². The normalized spacial score (nSPS) is 16.3. The van der Waals surface area contributed by atoms with Crippen molar-refractivity contribution in [1.29, 1.82) is 0 Å². The van der Waals surface area contributed by atoms with Gasteiger partial charge in [0.05, 0.1) is 30.2 Å². The second-order valence-corrected chi connectivity index (χ2v) is 6.60. The quantitative estimate of drug-likeness (QED) is 0.516. The van der Waals surface area contributed by atoms with Gasteiger partial charge in [0.1, 0.15) is 17.7 Å². The Bertz CT molecular complexity index is 1040. The molecule has 0 aliphatic carbocycles. The molecule has 1 aliphatic heterocycles. The molecule has 1 aromatic carbocycles. The fraction of sp³-hybridized carbons (Fsp3) is 0.200. The first-order valence-electron chi connectivity index (χ1n) is 9.14. The molecule has 4 N–H and O–H groups in total. The number of aromatic nitrogens is 3. The largest absolute Gasteiger partial charge is 0.347 e. The van der Waals surface area contributed by atoms with Gasteiger partial charge in [-0.3, -0.25) is 14.6 Å².